The fourth-order valence-electron chi connectivity index (χ4n) is 2.63. The summed E-state index contributed by atoms with van der Waals surface area (Å²) in [6, 6.07) is 7.93. The van der Waals surface area contributed by atoms with Crippen molar-refractivity contribution in [1.82, 2.24) is 4.90 Å². The third-order valence-corrected chi connectivity index (χ3v) is 4.21. The van der Waals surface area contributed by atoms with Crippen molar-refractivity contribution in [2.45, 2.75) is 6.10 Å². The second kappa shape index (κ2) is 7.05. The molecular formula is C17H13Cl2F2NO2. The second-order valence-electron chi connectivity index (χ2n) is 5.44. The molecule has 1 aliphatic heterocycles. The fourth-order valence-corrected chi connectivity index (χ4v) is 3.17. The summed E-state index contributed by atoms with van der Waals surface area (Å²) < 4.78 is 32.5. The maximum absolute atomic E-state index is 13.8. The third kappa shape index (κ3) is 3.69. The molecule has 0 bridgehead atoms. The molecule has 1 fully saturated rings. The van der Waals surface area contributed by atoms with Crippen LogP contribution in [0.4, 0.5) is 8.78 Å². The molecule has 1 aliphatic rings. The van der Waals surface area contributed by atoms with E-state index in [1.807, 2.05) is 0 Å². The Morgan fingerprint density at radius 3 is 2.50 bits per heavy atom. The number of rotatable bonds is 2. The number of carbonyl (C=O) groups excluding carboxylic acids is 1. The summed E-state index contributed by atoms with van der Waals surface area (Å²) in [6.07, 6.45) is -0.414. The van der Waals surface area contributed by atoms with Crippen LogP contribution < -0.4 is 0 Å². The highest BCUT2D eigenvalue weighted by atomic mass is 35.5. The SMILES string of the molecule is O=C(c1ccc(F)cc1F)N1CCOC(c2cc(Cl)cc(Cl)c2)C1. The largest absolute Gasteiger partial charge is 0.370 e. The molecule has 1 heterocycles. The summed E-state index contributed by atoms with van der Waals surface area (Å²) in [4.78, 5) is 14.0. The van der Waals surface area contributed by atoms with Gasteiger partial charge in [0.05, 0.1) is 18.7 Å². The van der Waals surface area contributed by atoms with Crippen molar-refractivity contribution in [3.05, 3.63) is 69.2 Å². The molecule has 1 unspecified atom stereocenters. The van der Waals surface area contributed by atoms with Gasteiger partial charge in [0.1, 0.15) is 17.7 Å². The average Bonchev–Trinajstić information content (AvgIpc) is 2.53. The van der Waals surface area contributed by atoms with Gasteiger partial charge in [-0.3, -0.25) is 4.79 Å². The number of morpholine rings is 1. The van der Waals surface area contributed by atoms with Gasteiger partial charge in [0.15, 0.2) is 0 Å². The Morgan fingerprint density at radius 2 is 1.83 bits per heavy atom. The van der Waals surface area contributed by atoms with Crippen LogP contribution in [0.25, 0.3) is 0 Å². The van der Waals surface area contributed by atoms with Gasteiger partial charge in [0, 0.05) is 22.7 Å². The molecule has 7 heteroatoms. The van der Waals surface area contributed by atoms with Crippen molar-refractivity contribution < 1.29 is 18.3 Å². The Balaban J connectivity index is 1.81. The first kappa shape index (κ1) is 17.1. The minimum atomic E-state index is -0.881. The molecule has 0 radical (unpaired) electrons. The maximum Gasteiger partial charge on any atom is 0.257 e. The van der Waals surface area contributed by atoms with Crippen LogP contribution in [0.2, 0.25) is 10.0 Å². The lowest BCUT2D eigenvalue weighted by atomic mass is 10.1. The van der Waals surface area contributed by atoms with E-state index in [0.717, 1.165) is 17.7 Å². The quantitative estimate of drug-likeness (QED) is 0.778. The summed E-state index contributed by atoms with van der Waals surface area (Å²) in [6.45, 7) is 0.843. The van der Waals surface area contributed by atoms with Crippen LogP contribution in [0.15, 0.2) is 36.4 Å². The Hall–Kier alpha value is -1.69. The predicted molar refractivity (Wildman–Crippen MR) is 87.4 cm³/mol. The Labute approximate surface area is 147 Å². The molecule has 0 N–H and O–H groups in total. The minimum absolute atomic E-state index is 0.166. The van der Waals surface area contributed by atoms with E-state index in [1.165, 1.54) is 4.90 Å². The van der Waals surface area contributed by atoms with Crippen LogP contribution in [0.5, 0.6) is 0 Å². The van der Waals surface area contributed by atoms with Gasteiger partial charge in [-0.1, -0.05) is 23.2 Å². The van der Waals surface area contributed by atoms with Crippen LogP contribution in [0.1, 0.15) is 22.0 Å². The van der Waals surface area contributed by atoms with E-state index < -0.39 is 23.6 Å². The highest BCUT2D eigenvalue weighted by Gasteiger charge is 2.28. The molecule has 24 heavy (non-hydrogen) atoms. The van der Waals surface area contributed by atoms with Crippen LogP contribution in [-0.2, 0) is 4.74 Å². The van der Waals surface area contributed by atoms with Gasteiger partial charge in [0.25, 0.3) is 5.91 Å². The first-order chi connectivity index (χ1) is 11.4. The van der Waals surface area contributed by atoms with Gasteiger partial charge in [-0.2, -0.15) is 0 Å². The molecule has 1 amide bonds. The van der Waals surface area contributed by atoms with Crippen LogP contribution in [-0.4, -0.2) is 30.5 Å². The Kier molecular flexibility index (Phi) is 5.04. The summed E-state index contributed by atoms with van der Waals surface area (Å²) in [7, 11) is 0. The van der Waals surface area contributed by atoms with Crippen molar-refractivity contribution in [3.8, 4) is 0 Å². The zero-order valence-corrected chi connectivity index (χ0v) is 14.0. The number of halogens is 4. The summed E-state index contributed by atoms with van der Waals surface area (Å²) >= 11 is 12.0. The highest BCUT2D eigenvalue weighted by Crippen LogP contribution is 2.28. The number of nitrogens with zero attached hydrogens (tertiary/aromatic N) is 1. The fraction of sp³-hybridized carbons (Fsp3) is 0.235. The van der Waals surface area contributed by atoms with Gasteiger partial charge in [-0.15, -0.1) is 0 Å². The maximum atomic E-state index is 13.8. The standard InChI is InChI=1S/C17H13Cl2F2NO2/c18-11-5-10(6-12(19)7-11)16-9-22(3-4-24-16)17(23)14-2-1-13(20)8-15(14)21/h1-2,5-8,16H,3-4,9H2. The lowest BCUT2D eigenvalue weighted by Crippen LogP contribution is -2.42. The molecule has 0 spiro atoms. The van der Waals surface area contributed by atoms with Crippen molar-refractivity contribution in [2.75, 3.05) is 19.7 Å². The first-order valence-electron chi connectivity index (χ1n) is 7.26. The lowest BCUT2D eigenvalue weighted by Gasteiger charge is -2.33. The van der Waals surface area contributed by atoms with Gasteiger partial charge in [-0.25, -0.2) is 8.78 Å². The molecule has 3 nitrogen and oxygen atoms in total. The average molecular weight is 372 g/mol. The molecular weight excluding hydrogens is 359 g/mol. The van der Waals surface area contributed by atoms with E-state index in [4.69, 9.17) is 27.9 Å². The van der Waals surface area contributed by atoms with E-state index in [-0.39, 0.29) is 12.1 Å². The van der Waals surface area contributed by atoms with Crippen LogP contribution in [0.3, 0.4) is 0 Å². The molecule has 2 aromatic rings. The highest BCUT2D eigenvalue weighted by molar-refractivity contribution is 6.34. The van der Waals surface area contributed by atoms with E-state index >= 15 is 0 Å². The zero-order chi connectivity index (χ0) is 17.3. The van der Waals surface area contributed by atoms with Crippen molar-refractivity contribution in [3.63, 3.8) is 0 Å². The molecule has 0 saturated carbocycles. The van der Waals surface area contributed by atoms with Gasteiger partial charge < -0.3 is 9.64 Å². The second-order valence-corrected chi connectivity index (χ2v) is 6.31. The molecule has 3 rings (SSSR count). The zero-order valence-electron chi connectivity index (χ0n) is 12.4. The number of hydrogen-bond donors (Lipinski definition) is 0. The predicted octanol–water partition coefficient (Wildman–Crippen LogP) is 4.49. The van der Waals surface area contributed by atoms with Gasteiger partial charge in [-0.05, 0) is 35.9 Å². The summed E-state index contributed by atoms with van der Waals surface area (Å²) in [5, 5.41) is 0.934. The van der Waals surface area contributed by atoms with Crippen LogP contribution in [0, 0.1) is 11.6 Å². The monoisotopic (exact) mass is 371 g/mol. The molecule has 2 aromatic carbocycles. The number of ether oxygens (including phenoxy) is 1. The van der Waals surface area contributed by atoms with Crippen LogP contribution >= 0.6 is 23.2 Å². The Bertz CT molecular complexity index is 765. The number of carbonyl (C=O) groups is 1. The Morgan fingerprint density at radius 1 is 1.12 bits per heavy atom. The number of hydrogen-bond acceptors (Lipinski definition) is 2. The summed E-state index contributed by atoms with van der Waals surface area (Å²) in [5.74, 6) is -2.11. The minimum Gasteiger partial charge on any atom is -0.370 e. The van der Waals surface area contributed by atoms with Crippen molar-refractivity contribution in [2.24, 2.45) is 0 Å². The smallest absolute Gasteiger partial charge is 0.257 e. The lowest BCUT2D eigenvalue weighted by molar-refractivity contribution is -0.0229. The van der Waals surface area contributed by atoms with Gasteiger partial charge >= 0.3 is 0 Å². The molecule has 1 saturated heterocycles. The normalized spacial score (nSPS) is 17.8. The molecule has 0 aliphatic carbocycles. The van der Waals surface area contributed by atoms with E-state index in [9.17, 15) is 13.6 Å². The van der Waals surface area contributed by atoms with Crippen molar-refractivity contribution >= 4 is 29.1 Å². The van der Waals surface area contributed by atoms with E-state index in [1.54, 1.807) is 18.2 Å². The molecule has 1 atom stereocenters. The molecule has 0 aromatic heterocycles. The van der Waals surface area contributed by atoms with E-state index in [0.29, 0.717) is 29.3 Å². The van der Waals surface area contributed by atoms with Gasteiger partial charge in [0.2, 0.25) is 0 Å². The third-order valence-electron chi connectivity index (χ3n) is 3.77. The van der Waals surface area contributed by atoms with E-state index in [2.05, 4.69) is 0 Å². The number of benzene rings is 2. The topological polar surface area (TPSA) is 29.5 Å². The van der Waals surface area contributed by atoms with Crippen molar-refractivity contribution in [1.29, 1.82) is 0 Å². The number of amides is 1. The first-order valence-corrected chi connectivity index (χ1v) is 8.01. The molecule has 126 valence electrons. The summed E-state index contributed by atoms with van der Waals surface area (Å²) in [5.41, 5.74) is 0.575.